The molecular weight excluding hydrogens is 550 g/mol. The number of furan rings is 1. The van der Waals surface area contributed by atoms with E-state index in [0.717, 1.165) is 75.1 Å². The monoisotopic (exact) mass is 579 g/mol. The second kappa shape index (κ2) is 10.5. The zero-order valence-electron chi connectivity index (χ0n) is 24.7. The summed E-state index contributed by atoms with van der Waals surface area (Å²) in [6.45, 7) is 0. The minimum atomic E-state index is 0.0635. The van der Waals surface area contributed by atoms with Crippen molar-refractivity contribution >= 4 is 44.4 Å². The van der Waals surface area contributed by atoms with Gasteiger partial charge in [0.15, 0.2) is 11.6 Å². The predicted molar refractivity (Wildman–Crippen MR) is 184 cm³/mol. The fourth-order valence-corrected chi connectivity index (χ4v) is 6.85. The summed E-state index contributed by atoms with van der Waals surface area (Å²) >= 11 is 0. The Kier molecular flexibility index (Phi) is 6.05. The van der Waals surface area contributed by atoms with Gasteiger partial charge in [-0.1, -0.05) is 115 Å². The Morgan fingerprint density at radius 1 is 0.667 bits per heavy atom. The Labute approximate surface area is 261 Å². The number of rotatable bonds is 4. The third-order valence-corrected chi connectivity index (χ3v) is 9.11. The largest absolute Gasteiger partial charge is 0.456 e. The average molecular weight is 580 g/mol. The SMILES string of the molecule is C1=CCCC(c2nc(-c3cccc4oc5cccc(-c6ccc7ccccc7c6)c5c34)nc(C3C=Cc4ccccc4C3)n2)=C1. The first kappa shape index (κ1) is 25.8. The standard InChI is InChI=1S/C41H29N3O/c1-2-12-28(13-3-1)39-42-40(32-23-21-27-11-5-7-15-30(27)25-32)44-41(43-39)34-17-9-19-36-38(34)37-33(16-8-18-35(37)45-36)31-22-20-26-10-4-6-14-29(26)24-31/h1-2,4-12,14-24,32H,3,13,25H2. The summed E-state index contributed by atoms with van der Waals surface area (Å²) in [6, 6.07) is 36.2. The van der Waals surface area contributed by atoms with Crippen molar-refractivity contribution in [3.63, 3.8) is 0 Å². The van der Waals surface area contributed by atoms with E-state index in [-0.39, 0.29) is 5.92 Å². The molecular formula is C41H29N3O. The molecule has 0 fully saturated rings. The minimum Gasteiger partial charge on any atom is -0.456 e. The molecule has 0 saturated heterocycles. The fourth-order valence-electron chi connectivity index (χ4n) is 6.85. The number of hydrogen-bond donors (Lipinski definition) is 0. The fraction of sp³-hybridized carbons (Fsp3) is 0.0976. The summed E-state index contributed by atoms with van der Waals surface area (Å²) in [5, 5.41) is 4.54. The number of benzene rings is 5. The maximum Gasteiger partial charge on any atom is 0.164 e. The molecule has 5 aromatic carbocycles. The number of nitrogens with zero attached hydrogens (tertiary/aromatic N) is 3. The summed E-state index contributed by atoms with van der Waals surface area (Å²) in [5.41, 5.74) is 8.63. The van der Waals surface area contributed by atoms with Gasteiger partial charge in [-0.15, -0.1) is 0 Å². The van der Waals surface area contributed by atoms with Crippen LogP contribution in [0, 0.1) is 0 Å². The molecule has 7 aromatic rings. The maximum atomic E-state index is 6.49. The second-order valence-electron chi connectivity index (χ2n) is 11.9. The van der Waals surface area contributed by atoms with Crippen molar-refractivity contribution in [1.29, 1.82) is 0 Å². The van der Waals surface area contributed by atoms with Crippen LogP contribution in [-0.2, 0) is 6.42 Å². The van der Waals surface area contributed by atoms with E-state index >= 15 is 0 Å². The van der Waals surface area contributed by atoms with E-state index in [2.05, 4.69) is 121 Å². The highest BCUT2D eigenvalue weighted by atomic mass is 16.3. The smallest absolute Gasteiger partial charge is 0.164 e. The van der Waals surface area contributed by atoms with Gasteiger partial charge < -0.3 is 4.42 Å². The molecule has 0 saturated carbocycles. The quantitative estimate of drug-likeness (QED) is 0.208. The number of allylic oxidation sites excluding steroid dienone is 5. The molecule has 45 heavy (non-hydrogen) atoms. The van der Waals surface area contributed by atoms with Gasteiger partial charge in [0.1, 0.15) is 17.0 Å². The van der Waals surface area contributed by atoms with Crippen LogP contribution in [0.15, 0.2) is 132 Å². The van der Waals surface area contributed by atoms with Crippen LogP contribution in [0.25, 0.3) is 66.9 Å². The molecule has 0 N–H and O–H groups in total. The van der Waals surface area contributed by atoms with Gasteiger partial charge in [0, 0.05) is 22.3 Å². The lowest BCUT2D eigenvalue weighted by Crippen LogP contribution is -2.13. The Hall–Kier alpha value is -5.61. The predicted octanol–water partition coefficient (Wildman–Crippen LogP) is 10.3. The molecule has 2 aromatic heterocycles. The summed E-state index contributed by atoms with van der Waals surface area (Å²) in [4.78, 5) is 15.5. The number of aromatic nitrogens is 3. The number of hydrogen-bond acceptors (Lipinski definition) is 4. The van der Waals surface area contributed by atoms with Gasteiger partial charge in [-0.05, 0) is 76.1 Å². The molecule has 1 atom stereocenters. The first-order chi connectivity index (χ1) is 22.3. The summed E-state index contributed by atoms with van der Waals surface area (Å²) < 4.78 is 6.49. The zero-order chi connectivity index (χ0) is 29.7. The van der Waals surface area contributed by atoms with Gasteiger partial charge in [0.25, 0.3) is 0 Å². The molecule has 2 heterocycles. The molecule has 0 spiro atoms. The van der Waals surface area contributed by atoms with E-state index in [9.17, 15) is 0 Å². The van der Waals surface area contributed by atoms with Crippen LogP contribution < -0.4 is 0 Å². The highest BCUT2D eigenvalue weighted by molar-refractivity contribution is 6.17. The molecule has 2 aliphatic rings. The van der Waals surface area contributed by atoms with Gasteiger partial charge >= 0.3 is 0 Å². The Morgan fingerprint density at radius 3 is 2.31 bits per heavy atom. The molecule has 4 nitrogen and oxygen atoms in total. The highest BCUT2D eigenvalue weighted by Gasteiger charge is 2.24. The van der Waals surface area contributed by atoms with E-state index < -0.39 is 0 Å². The van der Waals surface area contributed by atoms with Gasteiger partial charge in [-0.3, -0.25) is 0 Å². The molecule has 9 rings (SSSR count). The van der Waals surface area contributed by atoms with Crippen molar-refractivity contribution in [2.45, 2.75) is 25.2 Å². The molecule has 0 radical (unpaired) electrons. The van der Waals surface area contributed by atoms with Gasteiger partial charge in [-0.2, -0.15) is 0 Å². The zero-order valence-corrected chi connectivity index (χ0v) is 24.7. The van der Waals surface area contributed by atoms with Crippen LogP contribution in [0.5, 0.6) is 0 Å². The summed E-state index contributed by atoms with van der Waals surface area (Å²) in [5.74, 6) is 2.30. The van der Waals surface area contributed by atoms with Crippen LogP contribution in [0.2, 0.25) is 0 Å². The van der Waals surface area contributed by atoms with Crippen molar-refractivity contribution in [2.75, 3.05) is 0 Å². The normalized spacial score (nSPS) is 15.9. The molecule has 0 bridgehead atoms. The average Bonchev–Trinajstić information content (AvgIpc) is 3.51. The van der Waals surface area contributed by atoms with Crippen molar-refractivity contribution < 1.29 is 4.42 Å². The summed E-state index contributed by atoms with van der Waals surface area (Å²) in [7, 11) is 0. The molecule has 214 valence electrons. The molecule has 0 amide bonds. The van der Waals surface area contributed by atoms with Crippen molar-refractivity contribution in [2.24, 2.45) is 0 Å². The van der Waals surface area contributed by atoms with Gasteiger partial charge in [-0.25, -0.2) is 15.0 Å². The lowest BCUT2D eigenvalue weighted by atomic mass is 9.89. The van der Waals surface area contributed by atoms with E-state index in [4.69, 9.17) is 19.4 Å². The van der Waals surface area contributed by atoms with Crippen molar-refractivity contribution in [1.82, 2.24) is 15.0 Å². The lowest BCUT2D eigenvalue weighted by molar-refractivity contribution is 0.669. The van der Waals surface area contributed by atoms with E-state index in [1.165, 1.54) is 21.9 Å². The van der Waals surface area contributed by atoms with Crippen LogP contribution in [0.3, 0.4) is 0 Å². The summed E-state index contributed by atoms with van der Waals surface area (Å²) in [6.07, 6.45) is 13.6. The van der Waals surface area contributed by atoms with Crippen LogP contribution in [0.4, 0.5) is 0 Å². The van der Waals surface area contributed by atoms with Crippen LogP contribution >= 0.6 is 0 Å². The molecule has 1 unspecified atom stereocenters. The first-order valence-corrected chi connectivity index (χ1v) is 15.6. The second-order valence-corrected chi connectivity index (χ2v) is 11.9. The van der Waals surface area contributed by atoms with Crippen molar-refractivity contribution in [3.05, 3.63) is 150 Å². The van der Waals surface area contributed by atoms with E-state index in [0.29, 0.717) is 5.82 Å². The Bertz CT molecular complexity index is 2370. The third-order valence-electron chi connectivity index (χ3n) is 9.11. The Balaban J connectivity index is 1.26. The maximum absolute atomic E-state index is 6.49. The first-order valence-electron chi connectivity index (χ1n) is 15.6. The molecule has 2 aliphatic carbocycles. The van der Waals surface area contributed by atoms with E-state index in [1.54, 1.807) is 0 Å². The van der Waals surface area contributed by atoms with Crippen LogP contribution in [-0.4, -0.2) is 15.0 Å². The topological polar surface area (TPSA) is 51.8 Å². The molecule has 0 aliphatic heterocycles. The highest BCUT2D eigenvalue weighted by Crippen LogP contribution is 2.42. The van der Waals surface area contributed by atoms with Crippen LogP contribution in [0.1, 0.15) is 41.5 Å². The third kappa shape index (κ3) is 4.49. The Morgan fingerprint density at radius 2 is 1.44 bits per heavy atom. The van der Waals surface area contributed by atoms with E-state index in [1.807, 2.05) is 12.1 Å². The van der Waals surface area contributed by atoms with Gasteiger partial charge in [0.05, 0.1) is 0 Å². The number of fused-ring (bicyclic) bond motifs is 5. The van der Waals surface area contributed by atoms with Gasteiger partial charge in [0.2, 0.25) is 0 Å². The lowest BCUT2D eigenvalue weighted by Gasteiger charge is -2.20. The minimum absolute atomic E-state index is 0.0635. The van der Waals surface area contributed by atoms with Crippen molar-refractivity contribution in [3.8, 4) is 22.5 Å². The molecule has 4 heteroatoms.